The summed E-state index contributed by atoms with van der Waals surface area (Å²) in [7, 11) is 0. The zero-order chi connectivity index (χ0) is 24.7. The summed E-state index contributed by atoms with van der Waals surface area (Å²) in [5.41, 5.74) is 13.0. The molecule has 34 heavy (non-hydrogen) atoms. The number of hydrogen-bond acceptors (Lipinski definition) is 7. The Bertz CT molecular complexity index is 1310. The second kappa shape index (κ2) is 10.2. The number of aliphatic hydroxyl groups is 1. The van der Waals surface area contributed by atoms with Gasteiger partial charge in [-0.3, -0.25) is 14.8 Å². The van der Waals surface area contributed by atoms with Crippen molar-refractivity contribution in [2.75, 3.05) is 11.5 Å². The fraction of sp³-hybridized carbons (Fsp3) is 0.125. The molecule has 10 nitrogen and oxygen atoms in total. The molecule has 2 amide bonds. The monoisotopic (exact) mass is 458 g/mol. The van der Waals surface area contributed by atoms with Crippen LogP contribution in [0.1, 0.15) is 34.1 Å². The van der Waals surface area contributed by atoms with Gasteiger partial charge < -0.3 is 26.9 Å². The molecule has 1 heterocycles. The van der Waals surface area contributed by atoms with Gasteiger partial charge >= 0.3 is 0 Å². The number of nitrogens with zero attached hydrogens (tertiary/aromatic N) is 1. The van der Waals surface area contributed by atoms with E-state index in [4.69, 9.17) is 16.7 Å². The summed E-state index contributed by atoms with van der Waals surface area (Å²) in [6.07, 6.45) is 1.22. The van der Waals surface area contributed by atoms with Gasteiger partial charge in [0, 0.05) is 22.4 Å². The first-order chi connectivity index (χ1) is 16.2. The molecule has 0 fully saturated rings. The molecule has 2 aromatic carbocycles. The number of H-pyrrole nitrogens is 1. The molecule has 9 N–H and O–H groups in total. The van der Waals surface area contributed by atoms with Crippen molar-refractivity contribution < 1.29 is 19.9 Å². The lowest BCUT2D eigenvalue weighted by atomic mass is 9.92. The van der Waals surface area contributed by atoms with E-state index < -0.39 is 23.5 Å². The highest BCUT2D eigenvalue weighted by Crippen LogP contribution is 2.24. The molecule has 0 radical (unpaired) electrons. The Hall–Kier alpha value is -4.77. The lowest BCUT2D eigenvalue weighted by molar-refractivity contribution is -0.138. The van der Waals surface area contributed by atoms with Crippen molar-refractivity contribution in [1.29, 1.82) is 0 Å². The number of aromatic amines is 1. The Labute approximate surface area is 195 Å². The normalized spacial score (nSPS) is 12.7. The van der Waals surface area contributed by atoms with Gasteiger partial charge in [-0.05, 0) is 67.3 Å². The van der Waals surface area contributed by atoms with Crippen LogP contribution < -0.4 is 22.3 Å². The van der Waals surface area contributed by atoms with E-state index in [9.17, 15) is 14.7 Å². The molecule has 2 atom stereocenters. The lowest BCUT2D eigenvalue weighted by Gasteiger charge is -2.30. The number of aromatic nitrogens is 2. The van der Waals surface area contributed by atoms with Crippen molar-refractivity contribution in [2.45, 2.75) is 18.6 Å². The highest BCUT2D eigenvalue weighted by atomic mass is 16.5. The third-order valence-corrected chi connectivity index (χ3v) is 4.88. The molecule has 172 valence electrons. The molecule has 0 aliphatic carbocycles. The van der Waals surface area contributed by atoms with E-state index in [0.29, 0.717) is 11.3 Å². The number of rotatable bonds is 5. The van der Waals surface area contributed by atoms with Crippen molar-refractivity contribution in [3.63, 3.8) is 0 Å². The molecule has 0 saturated carbocycles. The van der Waals surface area contributed by atoms with Crippen LogP contribution in [0.5, 0.6) is 0 Å². The number of anilines is 2. The van der Waals surface area contributed by atoms with Gasteiger partial charge in [0.25, 0.3) is 11.8 Å². The van der Waals surface area contributed by atoms with Crippen LogP contribution in [0, 0.1) is 23.7 Å². The maximum atomic E-state index is 12.7. The summed E-state index contributed by atoms with van der Waals surface area (Å²) >= 11 is 0. The van der Waals surface area contributed by atoms with Crippen LogP contribution in [0.25, 0.3) is 0 Å². The number of amides is 2. The Morgan fingerprint density at radius 1 is 1.03 bits per heavy atom. The fourth-order valence-electron chi connectivity index (χ4n) is 2.97. The van der Waals surface area contributed by atoms with Crippen LogP contribution in [0.3, 0.4) is 0 Å². The average Bonchev–Trinajstić information content (AvgIpc) is 3.28. The van der Waals surface area contributed by atoms with E-state index in [0.717, 1.165) is 5.56 Å². The second-order valence-electron chi connectivity index (χ2n) is 7.41. The number of carbonyl (C=O) groups excluding carboxylic acids is 2. The van der Waals surface area contributed by atoms with Crippen LogP contribution in [-0.4, -0.2) is 38.1 Å². The van der Waals surface area contributed by atoms with Crippen molar-refractivity contribution in [2.24, 2.45) is 0 Å². The van der Waals surface area contributed by atoms with Gasteiger partial charge in [-0.2, -0.15) is 0 Å². The largest absolute Gasteiger partial charge is 0.399 e. The Morgan fingerprint density at radius 2 is 1.59 bits per heavy atom. The number of imidazole rings is 1. The molecule has 0 unspecified atom stereocenters. The third kappa shape index (κ3) is 5.72. The fourth-order valence-corrected chi connectivity index (χ4v) is 2.97. The number of carbonyl (C=O) groups is 2. The summed E-state index contributed by atoms with van der Waals surface area (Å²) in [6.45, 7) is 1.27. The van der Waals surface area contributed by atoms with E-state index in [1.54, 1.807) is 36.4 Å². The standard InChI is InChI=1S/C24H22N6O4/c1-24(33,19-14-27-23(26)28-19)20(22(32)30-34)29-21(31)17-10-6-15(7-11-17)4-2-3-5-16-8-12-18(25)13-9-16/h6-14,20,33-34H,25H2,1H3,(H,29,31)(H,30,32)(H3,26,27,28)/t20-,24+/m1/s1. The zero-order valence-corrected chi connectivity index (χ0v) is 18.1. The van der Waals surface area contributed by atoms with Gasteiger partial charge in [0.2, 0.25) is 0 Å². The van der Waals surface area contributed by atoms with Crippen LogP contribution >= 0.6 is 0 Å². The van der Waals surface area contributed by atoms with Gasteiger partial charge in [0.05, 0.1) is 11.9 Å². The van der Waals surface area contributed by atoms with E-state index in [1.807, 2.05) is 0 Å². The van der Waals surface area contributed by atoms with Gasteiger partial charge in [-0.1, -0.05) is 11.8 Å². The molecule has 0 bridgehead atoms. The molecule has 0 saturated heterocycles. The van der Waals surface area contributed by atoms with E-state index in [2.05, 4.69) is 39.0 Å². The van der Waals surface area contributed by atoms with Gasteiger partial charge in [-0.15, -0.1) is 0 Å². The summed E-state index contributed by atoms with van der Waals surface area (Å²) in [5.74, 6) is 9.56. The van der Waals surface area contributed by atoms with Crippen LogP contribution in [0.4, 0.5) is 11.6 Å². The number of nitrogen functional groups attached to an aromatic ring is 2. The smallest absolute Gasteiger partial charge is 0.269 e. The SMILES string of the molecule is C[C@](O)(c1cnc(N)[nH]1)[C@H](NC(=O)c1ccc(C#CC#Cc2ccc(N)cc2)cc1)C(=O)NO. The first-order valence-corrected chi connectivity index (χ1v) is 9.96. The number of benzene rings is 2. The summed E-state index contributed by atoms with van der Waals surface area (Å²) < 4.78 is 0. The first kappa shape index (κ1) is 23.9. The molecule has 3 rings (SSSR count). The van der Waals surface area contributed by atoms with Gasteiger partial charge in [0.1, 0.15) is 11.6 Å². The quantitative estimate of drug-likeness (QED) is 0.126. The van der Waals surface area contributed by atoms with Crippen molar-refractivity contribution in [3.05, 3.63) is 77.1 Å². The molecule has 0 aliphatic rings. The van der Waals surface area contributed by atoms with Gasteiger partial charge in [0.15, 0.2) is 5.95 Å². The number of nitrogens with two attached hydrogens (primary N) is 2. The van der Waals surface area contributed by atoms with Crippen LogP contribution in [0.2, 0.25) is 0 Å². The minimum absolute atomic E-state index is 0.0135. The predicted octanol–water partition coefficient (Wildman–Crippen LogP) is 0.489. The molecule has 10 heteroatoms. The molecular formula is C24H22N6O4. The van der Waals surface area contributed by atoms with E-state index >= 15 is 0 Å². The van der Waals surface area contributed by atoms with Gasteiger partial charge in [-0.25, -0.2) is 10.5 Å². The average molecular weight is 458 g/mol. The lowest BCUT2D eigenvalue weighted by Crippen LogP contribution is -2.57. The second-order valence-corrected chi connectivity index (χ2v) is 7.41. The highest BCUT2D eigenvalue weighted by molar-refractivity contribution is 5.97. The van der Waals surface area contributed by atoms with Crippen LogP contribution in [0.15, 0.2) is 54.7 Å². The topological polar surface area (TPSA) is 179 Å². The summed E-state index contributed by atoms with van der Waals surface area (Å²) in [6, 6.07) is 11.8. The maximum absolute atomic E-state index is 12.7. The minimum Gasteiger partial charge on any atom is -0.399 e. The number of hydrogen-bond donors (Lipinski definition) is 7. The van der Waals surface area contributed by atoms with Crippen molar-refractivity contribution in [1.82, 2.24) is 20.8 Å². The number of hydroxylamine groups is 1. The maximum Gasteiger partial charge on any atom is 0.269 e. The van der Waals surface area contributed by atoms with Crippen molar-refractivity contribution in [3.8, 4) is 23.7 Å². The summed E-state index contributed by atoms with van der Waals surface area (Å²) in [5, 5.41) is 22.4. The summed E-state index contributed by atoms with van der Waals surface area (Å²) in [4.78, 5) is 31.3. The predicted molar refractivity (Wildman–Crippen MR) is 125 cm³/mol. The molecule has 3 aromatic rings. The van der Waals surface area contributed by atoms with E-state index in [-0.39, 0.29) is 17.2 Å². The Kier molecular flexibility index (Phi) is 7.19. The molecule has 0 spiro atoms. The third-order valence-electron chi connectivity index (χ3n) is 4.88. The minimum atomic E-state index is -1.96. The van der Waals surface area contributed by atoms with Crippen LogP contribution in [-0.2, 0) is 10.4 Å². The van der Waals surface area contributed by atoms with E-state index in [1.165, 1.54) is 30.7 Å². The highest BCUT2D eigenvalue weighted by Gasteiger charge is 2.41. The molecule has 0 aliphatic heterocycles. The number of nitrogens with one attached hydrogen (secondary N) is 3. The zero-order valence-electron chi connectivity index (χ0n) is 18.1. The Balaban J connectivity index is 1.72. The first-order valence-electron chi connectivity index (χ1n) is 9.96. The molecule has 1 aromatic heterocycles. The Morgan fingerprint density at radius 3 is 2.09 bits per heavy atom. The van der Waals surface area contributed by atoms with Crippen molar-refractivity contribution >= 4 is 23.5 Å². The molecular weight excluding hydrogens is 436 g/mol.